The van der Waals surface area contributed by atoms with Gasteiger partial charge in [-0.3, -0.25) is 4.79 Å². The number of aromatic nitrogens is 2. The second-order valence-electron chi connectivity index (χ2n) is 6.75. The third-order valence-electron chi connectivity index (χ3n) is 4.49. The minimum Gasteiger partial charge on any atom is -0.466 e. The second-order valence-corrected chi connectivity index (χ2v) is 6.75. The summed E-state index contributed by atoms with van der Waals surface area (Å²) in [6.07, 6.45) is 12.3. The molecule has 2 rings (SSSR count). The molecule has 2 aromatic rings. The fraction of sp³-hybridized carbons (Fsp3) is 0.545. The van der Waals surface area contributed by atoms with E-state index >= 15 is 0 Å². The number of carbonyl (C=O) groups excluding carboxylic acids is 1. The maximum atomic E-state index is 11.3. The second kappa shape index (κ2) is 13.1. The molecule has 1 heterocycles. The molecule has 0 aliphatic carbocycles. The Kier molecular flexibility index (Phi) is 10.3. The number of ether oxygens (including phenoxy) is 2. The third kappa shape index (κ3) is 9.38. The van der Waals surface area contributed by atoms with Crippen LogP contribution in [-0.4, -0.2) is 34.8 Å². The van der Waals surface area contributed by atoms with Crippen molar-refractivity contribution < 1.29 is 14.3 Å². The van der Waals surface area contributed by atoms with Crippen LogP contribution in [0, 0.1) is 0 Å². The van der Waals surface area contributed by atoms with E-state index in [4.69, 9.17) is 9.47 Å². The SMILES string of the molecule is CCOC(=O)CCCCCOC(CCCc1ccccc1)Cn1ccnc1. The molecule has 0 saturated heterocycles. The van der Waals surface area contributed by atoms with Crippen LogP contribution in [0.2, 0.25) is 0 Å². The van der Waals surface area contributed by atoms with E-state index in [-0.39, 0.29) is 12.1 Å². The molecule has 1 atom stereocenters. The van der Waals surface area contributed by atoms with Gasteiger partial charge in [0.1, 0.15) is 0 Å². The monoisotopic (exact) mass is 372 g/mol. The van der Waals surface area contributed by atoms with Gasteiger partial charge in [-0.25, -0.2) is 4.98 Å². The van der Waals surface area contributed by atoms with Gasteiger partial charge in [0, 0.05) is 32.0 Å². The summed E-state index contributed by atoms with van der Waals surface area (Å²) in [5.41, 5.74) is 1.37. The van der Waals surface area contributed by atoms with E-state index in [0.717, 1.165) is 51.7 Å². The zero-order chi connectivity index (χ0) is 19.2. The van der Waals surface area contributed by atoms with E-state index in [0.29, 0.717) is 13.0 Å². The first kappa shape index (κ1) is 21.2. The molecule has 5 nitrogen and oxygen atoms in total. The molecule has 0 spiro atoms. The average Bonchev–Trinajstić information content (AvgIpc) is 3.18. The molecule has 5 heteroatoms. The molecule has 0 aliphatic rings. The highest BCUT2D eigenvalue weighted by atomic mass is 16.5. The van der Waals surface area contributed by atoms with Crippen molar-refractivity contribution in [1.82, 2.24) is 9.55 Å². The minimum atomic E-state index is -0.0997. The number of hydrogen-bond donors (Lipinski definition) is 0. The van der Waals surface area contributed by atoms with Gasteiger partial charge >= 0.3 is 5.97 Å². The highest BCUT2D eigenvalue weighted by Gasteiger charge is 2.10. The van der Waals surface area contributed by atoms with E-state index in [1.165, 1.54) is 5.56 Å². The normalized spacial score (nSPS) is 12.0. The van der Waals surface area contributed by atoms with Gasteiger partial charge in [0.15, 0.2) is 0 Å². The number of rotatable bonds is 14. The van der Waals surface area contributed by atoms with Crippen LogP contribution in [0.3, 0.4) is 0 Å². The molecule has 0 bridgehead atoms. The molecule has 1 aromatic carbocycles. The van der Waals surface area contributed by atoms with Crippen molar-refractivity contribution in [3.05, 3.63) is 54.6 Å². The summed E-state index contributed by atoms with van der Waals surface area (Å²) in [4.78, 5) is 15.5. The summed E-state index contributed by atoms with van der Waals surface area (Å²) >= 11 is 0. The maximum Gasteiger partial charge on any atom is 0.305 e. The predicted octanol–water partition coefficient (Wildman–Crippen LogP) is 4.41. The largest absolute Gasteiger partial charge is 0.466 e. The molecule has 0 radical (unpaired) electrons. The van der Waals surface area contributed by atoms with E-state index in [9.17, 15) is 4.79 Å². The quantitative estimate of drug-likeness (QED) is 0.364. The molecule has 1 unspecified atom stereocenters. The molecular formula is C22H32N2O3. The van der Waals surface area contributed by atoms with Crippen LogP contribution in [0.15, 0.2) is 49.1 Å². The zero-order valence-corrected chi connectivity index (χ0v) is 16.4. The Hall–Kier alpha value is -2.14. The van der Waals surface area contributed by atoms with Gasteiger partial charge in [0.25, 0.3) is 0 Å². The summed E-state index contributed by atoms with van der Waals surface area (Å²) in [5, 5.41) is 0. The minimum absolute atomic E-state index is 0.0997. The summed E-state index contributed by atoms with van der Waals surface area (Å²) in [5.74, 6) is -0.0997. The van der Waals surface area contributed by atoms with Crippen LogP contribution in [-0.2, 0) is 27.2 Å². The predicted molar refractivity (Wildman–Crippen MR) is 106 cm³/mol. The smallest absolute Gasteiger partial charge is 0.305 e. The Morgan fingerprint density at radius 3 is 2.74 bits per heavy atom. The van der Waals surface area contributed by atoms with Gasteiger partial charge < -0.3 is 14.0 Å². The van der Waals surface area contributed by atoms with Crippen molar-refractivity contribution in [2.75, 3.05) is 13.2 Å². The maximum absolute atomic E-state index is 11.3. The fourth-order valence-electron chi connectivity index (χ4n) is 3.07. The Morgan fingerprint density at radius 1 is 1.15 bits per heavy atom. The van der Waals surface area contributed by atoms with Gasteiger partial charge in [-0.15, -0.1) is 0 Å². The van der Waals surface area contributed by atoms with Crippen molar-refractivity contribution in [2.45, 2.75) is 64.5 Å². The molecule has 27 heavy (non-hydrogen) atoms. The highest BCUT2D eigenvalue weighted by Crippen LogP contribution is 2.12. The topological polar surface area (TPSA) is 53.4 Å². The first-order chi connectivity index (χ1) is 13.3. The van der Waals surface area contributed by atoms with Crippen molar-refractivity contribution in [3.63, 3.8) is 0 Å². The number of carbonyl (C=O) groups is 1. The Balaban J connectivity index is 1.66. The first-order valence-corrected chi connectivity index (χ1v) is 10.0. The number of unbranched alkanes of at least 4 members (excludes halogenated alkanes) is 2. The van der Waals surface area contributed by atoms with E-state index in [2.05, 4.69) is 39.9 Å². The summed E-state index contributed by atoms with van der Waals surface area (Å²) in [6, 6.07) is 10.6. The van der Waals surface area contributed by atoms with Crippen LogP contribution < -0.4 is 0 Å². The molecular weight excluding hydrogens is 340 g/mol. The number of aryl methyl sites for hydroxylation is 1. The van der Waals surface area contributed by atoms with Crippen molar-refractivity contribution in [1.29, 1.82) is 0 Å². The molecule has 0 saturated carbocycles. The lowest BCUT2D eigenvalue weighted by Gasteiger charge is -2.18. The molecule has 148 valence electrons. The number of imidazole rings is 1. The van der Waals surface area contributed by atoms with Crippen LogP contribution in [0.1, 0.15) is 51.0 Å². The van der Waals surface area contributed by atoms with Gasteiger partial charge in [-0.1, -0.05) is 36.8 Å². The molecule has 0 fully saturated rings. The molecule has 1 aromatic heterocycles. The average molecular weight is 373 g/mol. The number of hydrogen-bond acceptors (Lipinski definition) is 4. The summed E-state index contributed by atoms with van der Waals surface area (Å²) in [6.45, 7) is 3.86. The van der Waals surface area contributed by atoms with E-state index < -0.39 is 0 Å². The van der Waals surface area contributed by atoms with Crippen LogP contribution in [0.4, 0.5) is 0 Å². The lowest BCUT2D eigenvalue weighted by atomic mass is 10.1. The standard InChI is InChI=1S/C22H32N2O3/c1-2-26-22(25)14-7-4-8-17-27-21(18-24-16-15-23-19-24)13-9-12-20-10-5-3-6-11-20/h3,5-6,10-11,15-16,19,21H,2,4,7-9,12-14,17-18H2,1H3. The van der Waals surface area contributed by atoms with Crippen LogP contribution in [0.5, 0.6) is 0 Å². The van der Waals surface area contributed by atoms with Gasteiger partial charge in [0.05, 0.1) is 19.0 Å². The lowest BCUT2D eigenvalue weighted by Crippen LogP contribution is -2.20. The van der Waals surface area contributed by atoms with Crippen molar-refractivity contribution in [3.8, 4) is 0 Å². The lowest BCUT2D eigenvalue weighted by molar-refractivity contribution is -0.143. The zero-order valence-electron chi connectivity index (χ0n) is 16.4. The van der Waals surface area contributed by atoms with Gasteiger partial charge in [-0.05, 0) is 44.6 Å². The number of nitrogens with zero attached hydrogens (tertiary/aromatic N) is 2. The summed E-state index contributed by atoms with van der Waals surface area (Å²) in [7, 11) is 0. The first-order valence-electron chi connectivity index (χ1n) is 10.0. The third-order valence-corrected chi connectivity index (χ3v) is 4.49. The Morgan fingerprint density at radius 2 is 2.00 bits per heavy atom. The van der Waals surface area contributed by atoms with Crippen molar-refractivity contribution >= 4 is 5.97 Å². The van der Waals surface area contributed by atoms with E-state index in [1.54, 1.807) is 6.20 Å². The van der Waals surface area contributed by atoms with E-state index in [1.807, 2.05) is 19.4 Å². The van der Waals surface area contributed by atoms with Crippen LogP contribution >= 0.6 is 0 Å². The highest BCUT2D eigenvalue weighted by molar-refractivity contribution is 5.69. The Bertz CT molecular complexity index is 614. The fourth-order valence-corrected chi connectivity index (χ4v) is 3.07. The molecule has 0 aliphatic heterocycles. The molecule has 0 amide bonds. The van der Waals surface area contributed by atoms with Crippen LogP contribution in [0.25, 0.3) is 0 Å². The number of esters is 1. The van der Waals surface area contributed by atoms with Gasteiger partial charge in [0.2, 0.25) is 0 Å². The van der Waals surface area contributed by atoms with Crippen molar-refractivity contribution in [2.24, 2.45) is 0 Å². The van der Waals surface area contributed by atoms with Gasteiger partial charge in [-0.2, -0.15) is 0 Å². The molecule has 0 N–H and O–H groups in total. The Labute approximate surface area is 162 Å². The number of benzene rings is 1. The summed E-state index contributed by atoms with van der Waals surface area (Å²) < 4.78 is 13.2.